The van der Waals surface area contributed by atoms with Crippen molar-refractivity contribution in [3.8, 4) is 0 Å². The molecule has 0 aliphatic carbocycles. The van der Waals surface area contributed by atoms with Crippen LogP contribution in [0.25, 0.3) is 6.08 Å². The normalized spacial score (nSPS) is 10.5. The number of rotatable bonds is 3. The Morgan fingerprint density at radius 1 is 1.69 bits per heavy atom. The second-order valence-corrected chi connectivity index (χ2v) is 2.52. The molecule has 3 nitrogen and oxygen atoms in total. The molecule has 0 heterocycles. The summed E-state index contributed by atoms with van der Waals surface area (Å²) in [5, 5.41) is 8.38. The third kappa shape index (κ3) is 3.09. The first-order chi connectivity index (χ1) is 6.22. The fourth-order valence-corrected chi connectivity index (χ4v) is 0.925. The van der Waals surface area contributed by atoms with Crippen LogP contribution in [0, 0.1) is 6.07 Å². The highest BCUT2D eigenvalue weighted by Crippen LogP contribution is 2.05. The monoisotopic (exact) mass is 176 g/mol. The van der Waals surface area contributed by atoms with Gasteiger partial charge < -0.3 is 10.8 Å². The minimum Gasteiger partial charge on any atom is -0.478 e. The van der Waals surface area contributed by atoms with Crippen molar-refractivity contribution in [3.05, 3.63) is 41.5 Å². The van der Waals surface area contributed by atoms with Crippen LogP contribution in [-0.4, -0.2) is 11.1 Å². The molecule has 0 saturated heterocycles. The molecule has 0 bridgehead atoms. The molecular weight excluding hydrogens is 166 g/mol. The van der Waals surface area contributed by atoms with E-state index in [9.17, 15) is 4.79 Å². The van der Waals surface area contributed by atoms with Gasteiger partial charge in [0.25, 0.3) is 0 Å². The van der Waals surface area contributed by atoms with Crippen LogP contribution in [0.2, 0.25) is 0 Å². The summed E-state index contributed by atoms with van der Waals surface area (Å²) in [5.41, 5.74) is 7.09. The second-order valence-electron chi connectivity index (χ2n) is 2.52. The third-order valence-electron chi connectivity index (χ3n) is 1.52. The van der Waals surface area contributed by atoms with Crippen molar-refractivity contribution < 1.29 is 9.90 Å². The van der Waals surface area contributed by atoms with Crippen molar-refractivity contribution in [2.45, 2.75) is 6.54 Å². The summed E-state index contributed by atoms with van der Waals surface area (Å²) in [6.45, 7) is 0.411. The van der Waals surface area contributed by atoms with Gasteiger partial charge in [0.05, 0.1) is 0 Å². The molecule has 0 aliphatic heterocycles. The third-order valence-corrected chi connectivity index (χ3v) is 1.52. The molecule has 0 unspecified atom stereocenters. The van der Waals surface area contributed by atoms with Crippen LogP contribution >= 0.6 is 0 Å². The van der Waals surface area contributed by atoms with Crippen LogP contribution in [0.15, 0.2) is 24.3 Å². The first kappa shape index (κ1) is 9.48. The highest BCUT2D eigenvalue weighted by Gasteiger charge is 1.92. The van der Waals surface area contributed by atoms with Gasteiger partial charge in [-0.15, -0.1) is 0 Å². The first-order valence-corrected chi connectivity index (χ1v) is 3.84. The molecule has 0 aliphatic rings. The predicted octanol–water partition coefficient (Wildman–Crippen LogP) is 1.04. The lowest BCUT2D eigenvalue weighted by Gasteiger charge is -1.96. The van der Waals surface area contributed by atoms with Gasteiger partial charge >= 0.3 is 5.97 Å². The number of benzene rings is 1. The van der Waals surface area contributed by atoms with Crippen molar-refractivity contribution >= 4 is 12.0 Å². The lowest BCUT2D eigenvalue weighted by molar-refractivity contribution is -0.131. The highest BCUT2D eigenvalue weighted by molar-refractivity contribution is 5.85. The van der Waals surface area contributed by atoms with Crippen molar-refractivity contribution in [2.75, 3.05) is 0 Å². The van der Waals surface area contributed by atoms with E-state index in [1.54, 1.807) is 18.2 Å². The number of carboxylic acids is 1. The number of carbonyl (C=O) groups is 1. The Bertz CT molecular complexity index is 331. The van der Waals surface area contributed by atoms with E-state index in [2.05, 4.69) is 6.07 Å². The fourth-order valence-electron chi connectivity index (χ4n) is 0.925. The summed E-state index contributed by atoms with van der Waals surface area (Å²) in [6.07, 6.45) is 2.62. The zero-order valence-corrected chi connectivity index (χ0v) is 7.03. The number of hydrogen-bond acceptors (Lipinski definition) is 2. The maximum Gasteiger partial charge on any atom is 0.328 e. The number of nitrogens with two attached hydrogens (primary N) is 1. The van der Waals surface area contributed by atoms with E-state index in [1.807, 2.05) is 0 Å². The molecule has 0 spiro atoms. The average molecular weight is 176 g/mol. The fraction of sp³-hybridized carbons (Fsp3) is 0.100. The van der Waals surface area contributed by atoms with Crippen LogP contribution < -0.4 is 5.73 Å². The topological polar surface area (TPSA) is 63.3 Å². The molecule has 1 radical (unpaired) electrons. The number of aliphatic carboxylic acids is 1. The van der Waals surface area contributed by atoms with Gasteiger partial charge in [0.1, 0.15) is 0 Å². The van der Waals surface area contributed by atoms with Gasteiger partial charge in [-0.3, -0.25) is 0 Å². The minimum absolute atomic E-state index is 0.411. The predicted molar refractivity (Wildman–Crippen MR) is 49.8 cm³/mol. The van der Waals surface area contributed by atoms with Gasteiger partial charge in [-0.1, -0.05) is 12.1 Å². The maximum atomic E-state index is 10.2. The molecule has 3 heteroatoms. The second kappa shape index (κ2) is 4.42. The molecule has 1 aromatic carbocycles. The van der Waals surface area contributed by atoms with Gasteiger partial charge in [0, 0.05) is 12.6 Å². The lowest BCUT2D eigenvalue weighted by Crippen LogP contribution is -1.96. The Morgan fingerprint density at radius 3 is 3.08 bits per heavy atom. The van der Waals surface area contributed by atoms with E-state index in [-0.39, 0.29) is 0 Å². The molecule has 13 heavy (non-hydrogen) atoms. The largest absolute Gasteiger partial charge is 0.478 e. The Labute approximate surface area is 76.5 Å². The van der Waals surface area contributed by atoms with Gasteiger partial charge in [0.15, 0.2) is 0 Å². The van der Waals surface area contributed by atoms with E-state index in [4.69, 9.17) is 10.8 Å². The molecule has 0 fully saturated rings. The average Bonchev–Trinajstić information content (AvgIpc) is 2.15. The summed E-state index contributed by atoms with van der Waals surface area (Å²) in [7, 11) is 0. The molecule has 0 amide bonds. The maximum absolute atomic E-state index is 10.2. The molecular formula is C10H10NO2. The van der Waals surface area contributed by atoms with E-state index in [0.29, 0.717) is 6.54 Å². The quantitative estimate of drug-likeness (QED) is 0.676. The van der Waals surface area contributed by atoms with Crippen LogP contribution in [0.5, 0.6) is 0 Å². The van der Waals surface area contributed by atoms with Crippen molar-refractivity contribution in [3.63, 3.8) is 0 Å². The van der Waals surface area contributed by atoms with Crippen molar-refractivity contribution in [1.82, 2.24) is 0 Å². The van der Waals surface area contributed by atoms with Gasteiger partial charge in [-0.05, 0) is 29.3 Å². The smallest absolute Gasteiger partial charge is 0.328 e. The van der Waals surface area contributed by atoms with Crippen LogP contribution in [0.1, 0.15) is 11.1 Å². The number of carboxylic acid groups (broad SMARTS) is 1. The molecule has 0 saturated carbocycles. The van der Waals surface area contributed by atoms with Crippen molar-refractivity contribution in [1.29, 1.82) is 0 Å². The molecule has 0 aromatic heterocycles. The summed E-state index contributed by atoms with van der Waals surface area (Å²) in [5.74, 6) is -0.956. The lowest BCUT2D eigenvalue weighted by atomic mass is 10.1. The molecule has 67 valence electrons. The van der Waals surface area contributed by atoms with E-state index < -0.39 is 5.97 Å². The zero-order valence-electron chi connectivity index (χ0n) is 7.03. The van der Waals surface area contributed by atoms with Crippen LogP contribution in [0.3, 0.4) is 0 Å². The molecule has 0 atom stereocenters. The SMILES string of the molecule is NCc1[c]ccc(C=CC(=O)O)c1. The standard InChI is InChI=1S/C10H10NO2/c11-7-9-3-1-2-8(6-9)4-5-10(12)13/h1-2,4-6H,7,11H2,(H,12,13). The zero-order chi connectivity index (χ0) is 9.68. The molecule has 1 aromatic rings. The summed E-state index contributed by atoms with van der Waals surface area (Å²) in [4.78, 5) is 10.2. The summed E-state index contributed by atoms with van der Waals surface area (Å²) >= 11 is 0. The van der Waals surface area contributed by atoms with E-state index in [1.165, 1.54) is 6.08 Å². The van der Waals surface area contributed by atoms with Crippen LogP contribution in [-0.2, 0) is 11.3 Å². The van der Waals surface area contributed by atoms with Gasteiger partial charge in [-0.2, -0.15) is 0 Å². The summed E-state index contributed by atoms with van der Waals surface area (Å²) < 4.78 is 0. The van der Waals surface area contributed by atoms with Gasteiger partial charge in [-0.25, -0.2) is 4.79 Å². The number of hydrogen-bond donors (Lipinski definition) is 2. The Balaban J connectivity index is 2.83. The Morgan fingerprint density at radius 2 is 2.46 bits per heavy atom. The minimum atomic E-state index is -0.956. The van der Waals surface area contributed by atoms with Crippen molar-refractivity contribution in [2.24, 2.45) is 5.73 Å². The van der Waals surface area contributed by atoms with E-state index >= 15 is 0 Å². The highest BCUT2D eigenvalue weighted by atomic mass is 16.4. The first-order valence-electron chi connectivity index (χ1n) is 3.84. The van der Waals surface area contributed by atoms with Gasteiger partial charge in [0.2, 0.25) is 0 Å². The van der Waals surface area contributed by atoms with E-state index in [0.717, 1.165) is 17.2 Å². The Hall–Kier alpha value is -1.61. The Kier molecular flexibility index (Phi) is 3.23. The molecule has 1 rings (SSSR count). The molecule has 3 N–H and O–H groups in total. The summed E-state index contributed by atoms with van der Waals surface area (Å²) in [6, 6.07) is 8.25. The van der Waals surface area contributed by atoms with Crippen LogP contribution in [0.4, 0.5) is 0 Å².